The number of anilines is 1. The second-order valence-electron chi connectivity index (χ2n) is 9.49. The topological polar surface area (TPSA) is 129 Å². The van der Waals surface area contributed by atoms with Crippen molar-refractivity contribution in [2.75, 3.05) is 12.4 Å². The molecule has 4 aromatic rings. The van der Waals surface area contributed by atoms with Gasteiger partial charge in [-0.1, -0.05) is 30.3 Å². The molecule has 0 unspecified atom stereocenters. The molecule has 1 aliphatic carbocycles. The van der Waals surface area contributed by atoms with Crippen molar-refractivity contribution >= 4 is 23.9 Å². The summed E-state index contributed by atoms with van der Waals surface area (Å²) in [5.74, 6) is 0.146. The van der Waals surface area contributed by atoms with Crippen LogP contribution in [-0.2, 0) is 27.4 Å². The Balaban J connectivity index is 1.29. The molecule has 0 radical (unpaired) electrons. The predicted molar refractivity (Wildman–Crippen MR) is 147 cm³/mol. The number of carbonyl (C=O) groups excluding carboxylic acids is 3. The molecule has 0 atom stereocenters. The quantitative estimate of drug-likeness (QED) is 0.270. The fourth-order valence-electron chi connectivity index (χ4n) is 4.16. The number of hydrogen-bond donors (Lipinski definition) is 2. The van der Waals surface area contributed by atoms with E-state index in [1.165, 1.54) is 11.8 Å². The number of ether oxygens (including phenoxy) is 2. The summed E-state index contributed by atoms with van der Waals surface area (Å²) in [6.07, 6.45) is 8.27. The van der Waals surface area contributed by atoms with Crippen molar-refractivity contribution in [2.45, 2.75) is 44.9 Å². The Morgan fingerprint density at radius 3 is 2.62 bits per heavy atom. The second-order valence-corrected chi connectivity index (χ2v) is 9.49. The summed E-state index contributed by atoms with van der Waals surface area (Å²) < 4.78 is 12.7. The van der Waals surface area contributed by atoms with Gasteiger partial charge in [-0.2, -0.15) is 5.10 Å². The summed E-state index contributed by atoms with van der Waals surface area (Å²) in [5.41, 5.74) is 3.61. The molecule has 40 heavy (non-hydrogen) atoms. The van der Waals surface area contributed by atoms with E-state index in [1.54, 1.807) is 30.6 Å². The van der Waals surface area contributed by atoms with Gasteiger partial charge in [0.1, 0.15) is 0 Å². The van der Waals surface area contributed by atoms with Gasteiger partial charge in [0, 0.05) is 41.7 Å². The van der Waals surface area contributed by atoms with Gasteiger partial charge >= 0.3 is 6.16 Å². The molecule has 11 nitrogen and oxygen atoms in total. The number of methoxy groups -OCH3 is 1. The van der Waals surface area contributed by atoms with Gasteiger partial charge in [0.25, 0.3) is 5.91 Å². The Bertz CT molecular complexity index is 1490. The van der Waals surface area contributed by atoms with Crippen LogP contribution in [0.5, 0.6) is 0 Å². The number of rotatable bonds is 11. The Morgan fingerprint density at radius 2 is 1.85 bits per heavy atom. The zero-order valence-electron chi connectivity index (χ0n) is 22.1. The SMILES string of the molecule is COC(=O)OCn1cc(-c2cccc(C(=O)Nc3nc(CCCC(=O)NC4CC4)cn3-c3ccccc3)c2)cn1. The van der Waals surface area contributed by atoms with Gasteiger partial charge in [-0.25, -0.2) is 14.5 Å². The molecule has 0 saturated heterocycles. The summed E-state index contributed by atoms with van der Waals surface area (Å²) in [7, 11) is 1.23. The molecule has 0 spiro atoms. The molecular weight excluding hydrogens is 512 g/mol. The molecule has 206 valence electrons. The number of benzene rings is 2. The number of nitrogens with one attached hydrogen (secondary N) is 2. The Hall–Kier alpha value is -4.93. The van der Waals surface area contributed by atoms with E-state index < -0.39 is 6.16 Å². The highest BCUT2D eigenvalue weighted by molar-refractivity contribution is 6.04. The highest BCUT2D eigenvalue weighted by atomic mass is 16.7. The van der Waals surface area contributed by atoms with Gasteiger partial charge in [-0.3, -0.25) is 19.5 Å². The normalized spacial score (nSPS) is 12.5. The number of nitrogens with zero attached hydrogens (tertiary/aromatic N) is 4. The van der Waals surface area contributed by atoms with Gasteiger partial charge in [-0.15, -0.1) is 0 Å². The predicted octanol–water partition coefficient (Wildman–Crippen LogP) is 4.33. The Labute approximate surface area is 231 Å². The minimum Gasteiger partial charge on any atom is -0.438 e. The molecule has 0 aliphatic heterocycles. The first kappa shape index (κ1) is 26.7. The van der Waals surface area contributed by atoms with Crippen molar-refractivity contribution in [3.05, 3.63) is 84.4 Å². The number of amides is 2. The van der Waals surface area contributed by atoms with Crippen molar-refractivity contribution in [3.8, 4) is 16.8 Å². The van der Waals surface area contributed by atoms with Crippen LogP contribution in [0.2, 0.25) is 0 Å². The number of hydrogen-bond acceptors (Lipinski definition) is 7. The van der Waals surface area contributed by atoms with Crippen molar-refractivity contribution < 1.29 is 23.9 Å². The van der Waals surface area contributed by atoms with Crippen LogP contribution in [0.3, 0.4) is 0 Å². The lowest BCUT2D eigenvalue weighted by molar-refractivity contribution is -0.121. The van der Waals surface area contributed by atoms with Crippen LogP contribution in [0.4, 0.5) is 10.7 Å². The number of aromatic nitrogens is 4. The van der Waals surface area contributed by atoms with E-state index in [0.29, 0.717) is 36.8 Å². The van der Waals surface area contributed by atoms with E-state index >= 15 is 0 Å². The van der Waals surface area contributed by atoms with Crippen molar-refractivity contribution in [2.24, 2.45) is 0 Å². The molecule has 2 N–H and O–H groups in total. The maximum atomic E-state index is 13.3. The van der Waals surface area contributed by atoms with Gasteiger partial charge in [0.15, 0.2) is 6.73 Å². The van der Waals surface area contributed by atoms with Crippen LogP contribution in [0.1, 0.15) is 41.7 Å². The lowest BCUT2D eigenvalue weighted by Gasteiger charge is -2.09. The monoisotopic (exact) mass is 542 g/mol. The number of imidazole rings is 1. The first-order chi connectivity index (χ1) is 19.5. The van der Waals surface area contributed by atoms with E-state index in [9.17, 15) is 14.4 Å². The summed E-state index contributed by atoms with van der Waals surface area (Å²) in [6, 6.07) is 17.1. The van der Waals surface area contributed by atoms with E-state index in [1.807, 2.05) is 47.2 Å². The zero-order valence-corrected chi connectivity index (χ0v) is 22.1. The van der Waals surface area contributed by atoms with E-state index in [-0.39, 0.29) is 18.5 Å². The number of carbonyl (C=O) groups is 3. The molecule has 2 aromatic carbocycles. The van der Waals surface area contributed by atoms with Crippen LogP contribution in [0.15, 0.2) is 73.2 Å². The second kappa shape index (κ2) is 12.3. The van der Waals surface area contributed by atoms with E-state index in [4.69, 9.17) is 4.74 Å². The largest absolute Gasteiger partial charge is 0.509 e. The first-order valence-corrected chi connectivity index (χ1v) is 13.1. The first-order valence-electron chi connectivity index (χ1n) is 13.1. The van der Waals surface area contributed by atoms with E-state index in [0.717, 1.165) is 35.3 Å². The maximum Gasteiger partial charge on any atom is 0.509 e. The zero-order chi connectivity index (χ0) is 27.9. The molecule has 11 heteroatoms. The molecule has 2 aromatic heterocycles. The molecule has 0 bridgehead atoms. The fraction of sp³-hybridized carbons (Fsp3) is 0.276. The van der Waals surface area contributed by atoms with Crippen molar-refractivity contribution in [3.63, 3.8) is 0 Å². The van der Waals surface area contributed by atoms with Crippen molar-refractivity contribution in [1.82, 2.24) is 24.6 Å². The molecule has 1 saturated carbocycles. The smallest absolute Gasteiger partial charge is 0.438 e. The Morgan fingerprint density at radius 1 is 1.02 bits per heavy atom. The van der Waals surface area contributed by atoms with Crippen LogP contribution < -0.4 is 10.6 Å². The standard InChI is InChI=1S/C29H30N6O5/c1-39-29(38)40-19-34-17-22(16-30-34)20-7-5-8-21(15-20)27(37)33-28-32-24(9-6-12-26(36)31-23-13-14-23)18-35(28)25-10-3-2-4-11-25/h2-5,7-8,10-11,15-18,23H,6,9,12-14,19H2,1H3,(H,31,36)(H,32,33,37). The summed E-state index contributed by atoms with van der Waals surface area (Å²) in [6.45, 7) is -0.0947. The molecule has 2 amide bonds. The molecule has 1 aliphatic rings. The van der Waals surface area contributed by atoms with Gasteiger partial charge < -0.3 is 14.8 Å². The third-order valence-electron chi connectivity index (χ3n) is 6.37. The Kier molecular flexibility index (Phi) is 8.19. The van der Waals surface area contributed by atoms with Crippen molar-refractivity contribution in [1.29, 1.82) is 0 Å². The van der Waals surface area contributed by atoms with Crippen LogP contribution in [-0.4, -0.2) is 50.5 Å². The minimum absolute atomic E-state index is 0.0694. The highest BCUT2D eigenvalue weighted by Crippen LogP contribution is 2.23. The maximum absolute atomic E-state index is 13.3. The number of aryl methyl sites for hydroxylation is 1. The summed E-state index contributed by atoms with van der Waals surface area (Å²) >= 11 is 0. The number of para-hydroxylation sites is 1. The van der Waals surface area contributed by atoms with Crippen LogP contribution in [0.25, 0.3) is 16.8 Å². The lowest BCUT2D eigenvalue weighted by atomic mass is 10.1. The van der Waals surface area contributed by atoms with Gasteiger partial charge in [-0.05, 0) is 55.5 Å². The average Bonchev–Trinajstić information content (AvgIpc) is 3.50. The van der Waals surface area contributed by atoms with Gasteiger partial charge in [0.2, 0.25) is 11.9 Å². The van der Waals surface area contributed by atoms with E-state index in [2.05, 4.69) is 25.5 Å². The minimum atomic E-state index is -0.799. The summed E-state index contributed by atoms with van der Waals surface area (Å²) in [4.78, 5) is 41.3. The third kappa shape index (κ3) is 6.93. The molecule has 5 rings (SSSR count). The summed E-state index contributed by atoms with van der Waals surface area (Å²) in [5, 5.41) is 10.1. The molecular formula is C29H30N6O5. The van der Waals surface area contributed by atoms with Crippen LogP contribution >= 0.6 is 0 Å². The third-order valence-corrected chi connectivity index (χ3v) is 6.37. The average molecular weight is 543 g/mol. The molecule has 1 fully saturated rings. The fourth-order valence-corrected chi connectivity index (χ4v) is 4.16. The highest BCUT2D eigenvalue weighted by Gasteiger charge is 2.23. The van der Waals surface area contributed by atoms with Gasteiger partial charge in [0.05, 0.1) is 19.0 Å². The lowest BCUT2D eigenvalue weighted by Crippen LogP contribution is -2.25. The van der Waals surface area contributed by atoms with Crippen LogP contribution in [0, 0.1) is 0 Å². The molecule has 2 heterocycles.